The average Bonchev–Trinajstić information content (AvgIpc) is 3.04. The molecule has 0 spiro atoms. The van der Waals surface area contributed by atoms with E-state index in [-0.39, 0.29) is 18.4 Å². The molecule has 1 aromatic heterocycles. The molecular formula is C20H22N4O2. The van der Waals surface area contributed by atoms with Gasteiger partial charge >= 0.3 is 0 Å². The highest BCUT2D eigenvalue weighted by atomic mass is 16.2. The molecule has 26 heavy (non-hydrogen) atoms. The Morgan fingerprint density at radius 2 is 1.81 bits per heavy atom. The minimum Gasteiger partial charge on any atom is -0.355 e. The number of carbonyl (C=O) groups is 2. The van der Waals surface area contributed by atoms with E-state index < -0.39 is 0 Å². The van der Waals surface area contributed by atoms with Gasteiger partial charge in [0.05, 0.1) is 11.0 Å². The summed E-state index contributed by atoms with van der Waals surface area (Å²) in [7, 11) is 1.60. The second-order valence-corrected chi connectivity index (χ2v) is 6.01. The summed E-state index contributed by atoms with van der Waals surface area (Å²) in [6, 6.07) is 15.0. The average molecular weight is 350 g/mol. The Labute approximate surface area is 152 Å². The standard InChI is InChI=1S/C20H22N4O2/c1-3-18-23-16-6-4-5-7-17(16)24(18)13-19(25)22-12-14-8-10-15(11-9-14)20(26)21-2/h4-11H,3,12-13H2,1-2H3,(H,21,26)(H,22,25). The summed E-state index contributed by atoms with van der Waals surface area (Å²) in [6.45, 7) is 2.69. The van der Waals surface area contributed by atoms with Crippen LogP contribution in [0.25, 0.3) is 11.0 Å². The maximum Gasteiger partial charge on any atom is 0.251 e. The Morgan fingerprint density at radius 3 is 2.50 bits per heavy atom. The molecule has 0 aliphatic heterocycles. The molecule has 1 heterocycles. The van der Waals surface area contributed by atoms with Crippen molar-refractivity contribution in [3.05, 3.63) is 65.5 Å². The van der Waals surface area contributed by atoms with Crippen LogP contribution >= 0.6 is 0 Å². The van der Waals surface area contributed by atoms with Gasteiger partial charge in [0.1, 0.15) is 12.4 Å². The Balaban J connectivity index is 1.65. The summed E-state index contributed by atoms with van der Waals surface area (Å²) in [4.78, 5) is 28.5. The molecule has 2 amide bonds. The van der Waals surface area contributed by atoms with Crippen LogP contribution in [0.4, 0.5) is 0 Å². The van der Waals surface area contributed by atoms with E-state index in [0.29, 0.717) is 12.1 Å². The zero-order chi connectivity index (χ0) is 18.5. The quantitative estimate of drug-likeness (QED) is 0.716. The molecule has 134 valence electrons. The fourth-order valence-electron chi connectivity index (χ4n) is 2.89. The van der Waals surface area contributed by atoms with Crippen LogP contribution in [0.3, 0.4) is 0 Å². The Bertz CT molecular complexity index is 929. The van der Waals surface area contributed by atoms with Crippen LogP contribution in [0.15, 0.2) is 48.5 Å². The lowest BCUT2D eigenvalue weighted by Gasteiger charge is -2.10. The zero-order valence-electron chi connectivity index (χ0n) is 15.0. The van der Waals surface area contributed by atoms with Crippen LogP contribution in [-0.4, -0.2) is 28.4 Å². The predicted octanol–water partition coefficient (Wildman–Crippen LogP) is 2.27. The Kier molecular flexibility index (Phi) is 5.31. The van der Waals surface area contributed by atoms with Crippen LogP contribution in [0, 0.1) is 0 Å². The maximum absolute atomic E-state index is 12.4. The van der Waals surface area contributed by atoms with Gasteiger partial charge in [-0.2, -0.15) is 0 Å². The number of aromatic nitrogens is 2. The van der Waals surface area contributed by atoms with E-state index in [1.165, 1.54) is 0 Å². The van der Waals surface area contributed by atoms with Crippen LogP contribution in [0.1, 0.15) is 28.7 Å². The number of imidazole rings is 1. The van der Waals surface area contributed by atoms with Crippen LogP contribution in [0.5, 0.6) is 0 Å². The molecule has 0 saturated carbocycles. The van der Waals surface area contributed by atoms with Crippen molar-refractivity contribution in [1.82, 2.24) is 20.2 Å². The van der Waals surface area contributed by atoms with Crippen molar-refractivity contribution in [2.24, 2.45) is 0 Å². The molecule has 0 radical (unpaired) electrons. The smallest absolute Gasteiger partial charge is 0.251 e. The molecule has 0 aliphatic rings. The topological polar surface area (TPSA) is 76.0 Å². The molecule has 3 rings (SSSR count). The van der Waals surface area contributed by atoms with Crippen molar-refractivity contribution in [2.75, 3.05) is 7.05 Å². The van der Waals surface area contributed by atoms with Gasteiger partial charge in [-0.3, -0.25) is 9.59 Å². The van der Waals surface area contributed by atoms with E-state index in [2.05, 4.69) is 15.6 Å². The zero-order valence-corrected chi connectivity index (χ0v) is 15.0. The molecule has 0 aliphatic carbocycles. The van der Waals surface area contributed by atoms with Crippen molar-refractivity contribution in [3.63, 3.8) is 0 Å². The maximum atomic E-state index is 12.4. The van der Waals surface area contributed by atoms with Gasteiger partial charge in [-0.15, -0.1) is 0 Å². The van der Waals surface area contributed by atoms with Gasteiger partial charge in [0.2, 0.25) is 5.91 Å². The number of fused-ring (bicyclic) bond motifs is 1. The normalized spacial score (nSPS) is 10.7. The number of benzene rings is 2. The number of para-hydroxylation sites is 2. The fraction of sp³-hybridized carbons (Fsp3) is 0.250. The summed E-state index contributed by atoms with van der Waals surface area (Å²) < 4.78 is 1.96. The number of aryl methyl sites for hydroxylation is 1. The van der Waals surface area contributed by atoms with Crippen LogP contribution in [-0.2, 0) is 24.3 Å². The van der Waals surface area contributed by atoms with Crippen molar-refractivity contribution >= 4 is 22.8 Å². The van der Waals surface area contributed by atoms with Gasteiger partial charge in [-0.25, -0.2) is 4.98 Å². The predicted molar refractivity (Wildman–Crippen MR) is 101 cm³/mol. The molecule has 6 nitrogen and oxygen atoms in total. The number of nitrogens with one attached hydrogen (secondary N) is 2. The van der Waals surface area contributed by atoms with Crippen molar-refractivity contribution in [3.8, 4) is 0 Å². The van der Waals surface area contributed by atoms with E-state index in [0.717, 1.165) is 28.8 Å². The number of hydrogen-bond acceptors (Lipinski definition) is 3. The molecular weight excluding hydrogens is 328 g/mol. The SMILES string of the molecule is CCc1nc2ccccc2n1CC(=O)NCc1ccc(C(=O)NC)cc1. The second-order valence-electron chi connectivity index (χ2n) is 6.01. The van der Waals surface area contributed by atoms with Gasteiger partial charge in [0.15, 0.2) is 0 Å². The lowest BCUT2D eigenvalue weighted by Crippen LogP contribution is -2.27. The number of nitrogens with zero attached hydrogens (tertiary/aromatic N) is 2. The van der Waals surface area contributed by atoms with Crippen molar-refractivity contribution < 1.29 is 9.59 Å². The van der Waals surface area contributed by atoms with E-state index in [1.54, 1.807) is 19.2 Å². The fourth-order valence-corrected chi connectivity index (χ4v) is 2.89. The summed E-state index contributed by atoms with van der Waals surface area (Å²) in [5.74, 6) is 0.703. The van der Waals surface area contributed by atoms with Gasteiger partial charge < -0.3 is 15.2 Å². The molecule has 2 aromatic carbocycles. The summed E-state index contributed by atoms with van der Waals surface area (Å²) in [5.41, 5.74) is 3.41. The highest BCUT2D eigenvalue weighted by Gasteiger charge is 2.12. The van der Waals surface area contributed by atoms with Gasteiger partial charge in [-0.05, 0) is 29.8 Å². The monoisotopic (exact) mass is 350 g/mol. The van der Waals surface area contributed by atoms with E-state index >= 15 is 0 Å². The number of amides is 2. The van der Waals surface area contributed by atoms with Crippen molar-refractivity contribution in [1.29, 1.82) is 0 Å². The molecule has 0 bridgehead atoms. The van der Waals surface area contributed by atoms with E-state index in [4.69, 9.17) is 0 Å². The lowest BCUT2D eigenvalue weighted by molar-refractivity contribution is -0.121. The van der Waals surface area contributed by atoms with Crippen LogP contribution in [0.2, 0.25) is 0 Å². The number of hydrogen-bond donors (Lipinski definition) is 2. The number of carbonyl (C=O) groups excluding carboxylic acids is 2. The lowest BCUT2D eigenvalue weighted by atomic mass is 10.1. The summed E-state index contributed by atoms with van der Waals surface area (Å²) >= 11 is 0. The van der Waals surface area contributed by atoms with Crippen molar-refractivity contribution in [2.45, 2.75) is 26.4 Å². The molecule has 6 heteroatoms. The molecule has 0 fully saturated rings. The minimum atomic E-state index is -0.125. The highest BCUT2D eigenvalue weighted by Crippen LogP contribution is 2.16. The molecule has 0 unspecified atom stereocenters. The minimum absolute atomic E-state index is 0.0711. The summed E-state index contributed by atoms with van der Waals surface area (Å²) in [5, 5.41) is 5.51. The first-order valence-corrected chi connectivity index (χ1v) is 8.64. The first kappa shape index (κ1) is 17.7. The third-order valence-corrected chi connectivity index (χ3v) is 4.28. The number of rotatable bonds is 6. The molecule has 0 saturated heterocycles. The largest absolute Gasteiger partial charge is 0.355 e. The van der Waals surface area contributed by atoms with Gasteiger partial charge in [0, 0.05) is 25.6 Å². The second kappa shape index (κ2) is 7.82. The first-order valence-electron chi connectivity index (χ1n) is 8.64. The third kappa shape index (κ3) is 3.74. The molecule has 2 N–H and O–H groups in total. The van der Waals surface area contributed by atoms with Crippen LogP contribution < -0.4 is 10.6 Å². The van der Waals surface area contributed by atoms with E-state index in [1.807, 2.05) is 47.9 Å². The highest BCUT2D eigenvalue weighted by molar-refractivity contribution is 5.93. The van der Waals surface area contributed by atoms with Gasteiger partial charge in [0.25, 0.3) is 5.91 Å². The Morgan fingerprint density at radius 1 is 1.08 bits per heavy atom. The third-order valence-electron chi connectivity index (χ3n) is 4.28. The first-order chi connectivity index (χ1) is 12.6. The molecule has 3 aromatic rings. The summed E-state index contributed by atoms with van der Waals surface area (Å²) in [6.07, 6.45) is 0.767. The molecule has 0 atom stereocenters. The van der Waals surface area contributed by atoms with E-state index in [9.17, 15) is 9.59 Å². The van der Waals surface area contributed by atoms with Gasteiger partial charge in [-0.1, -0.05) is 31.2 Å². The Hall–Kier alpha value is -3.15.